The maximum absolute atomic E-state index is 5.00. The maximum atomic E-state index is 5.00. The second kappa shape index (κ2) is 7.36. The quantitative estimate of drug-likeness (QED) is 0.648. The van der Waals surface area contributed by atoms with Gasteiger partial charge in [0.15, 0.2) is 0 Å². The second-order valence-electron chi connectivity index (χ2n) is 3.38. The summed E-state index contributed by atoms with van der Waals surface area (Å²) in [5.41, 5.74) is 0. The average Bonchev–Trinajstić information content (AvgIpc) is 2.69. The fourth-order valence-electron chi connectivity index (χ4n) is 1.36. The minimum Gasteiger partial charge on any atom is -0.385 e. The van der Waals surface area contributed by atoms with E-state index in [2.05, 4.69) is 22.3 Å². The lowest BCUT2D eigenvalue weighted by Crippen LogP contribution is -2.17. The zero-order valence-electron chi connectivity index (χ0n) is 9.57. The third kappa shape index (κ3) is 4.40. The van der Waals surface area contributed by atoms with Gasteiger partial charge in [-0.1, -0.05) is 6.92 Å². The van der Waals surface area contributed by atoms with Crippen LogP contribution in [0.15, 0.2) is 6.33 Å². The van der Waals surface area contributed by atoms with Crippen LogP contribution in [0.2, 0.25) is 0 Å². The predicted octanol–water partition coefficient (Wildman–Crippen LogP) is 0.814. The molecule has 0 radical (unpaired) electrons. The van der Waals surface area contributed by atoms with Gasteiger partial charge in [-0.25, -0.2) is 9.67 Å². The van der Waals surface area contributed by atoms with E-state index in [-0.39, 0.29) is 0 Å². The molecule has 0 amide bonds. The van der Waals surface area contributed by atoms with Gasteiger partial charge in [-0.05, 0) is 19.4 Å². The number of aryl methyl sites for hydroxylation is 1. The standard InChI is InChI=1S/C10H20N4O/c1-3-11-8-10-12-9-13-14(10)6-4-5-7-15-2/h9,11H,3-8H2,1-2H3. The van der Waals surface area contributed by atoms with Crippen LogP contribution in [0.1, 0.15) is 25.6 Å². The van der Waals surface area contributed by atoms with Crippen LogP contribution >= 0.6 is 0 Å². The number of nitrogens with one attached hydrogen (secondary N) is 1. The second-order valence-corrected chi connectivity index (χ2v) is 3.38. The van der Waals surface area contributed by atoms with Gasteiger partial charge in [-0.2, -0.15) is 5.10 Å². The predicted molar refractivity (Wildman–Crippen MR) is 58.5 cm³/mol. The molecule has 0 unspecified atom stereocenters. The van der Waals surface area contributed by atoms with Gasteiger partial charge in [0, 0.05) is 20.3 Å². The molecular formula is C10H20N4O. The zero-order valence-corrected chi connectivity index (χ0v) is 9.57. The number of rotatable bonds is 8. The number of ether oxygens (including phenoxy) is 1. The van der Waals surface area contributed by atoms with Crippen LogP contribution in [0.3, 0.4) is 0 Å². The fourth-order valence-corrected chi connectivity index (χ4v) is 1.36. The van der Waals surface area contributed by atoms with Crippen LogP contribution in [-0.4, -0.2) is 35.0 Å². The minimum absolute atomic E-state index is 0.792. The van der Waals surface area contributed by atoms with E-state index in [0.29, 0.717) is 0 Å². The molecule has 15 heavy (non-hydrogen) atoms. The summed E-state index contributed by atoms with van der Waals surface area (Å²) in [4.78, 5) is 4.21. The maximum Gasteiger partial charge on any atom is 0.140 e. The molecule has 86 valence electrons. The molecule has 0 bridgehead atoms. The lowest BCUT2D eigenvalue weighted by molar-refractivity contribution is 0.190. The first-order valence-electron chi connectivity index (χ1n) is 5.44. The Hall–Kier alpha value is -0.940. The highest BCUT2D eigenvalue weighted by molar-refractivity contribution is 4.83. The number of methoxy groups -OCH3 is 1. The first-order chi connectivity index (χ1) is 7.38. The molecule has 5 nitrogen and oxygen atoms in total. The number of unbranched alkanes of at least 4 members (excludes halogenated alkanes) is 1. The van der Waals surface area contributed by atoms with Gasteiger partial charge >= 0.3 is 0 Å². The summed E-state index contributed by atoms with van der Waals surface area (Å²) in [5.74, 6) is 1.01. The molecule has 0 atom stereocenters. The van der Waals surface area contributed by atoms with Gasteiger partial charge in [0.2, 0.25) is 0 Å². The number of nitrogens with zero attached hydrogens (tertiary/aromatic N) is 3. The van der Waals surface area contributed by atoms with Crippen LogP contribution in [-0.2, 0) is 17.8 Å². The van der Waals surface area contributed by atoms with E-state index in [1.807, 2.05) is 4.68 Å². The Labute approximate surface area is 90.8 Å². The lowest BCUT2D eigenvalue weighted by Gasteiger charge is -2.05. The Morgan fingerprint density at radius 2 is 2.33 bits per heavy atom. The molecule has 0 saturated heterocycles. The lowest BCUT2D eigenvalue weighted by atomic mass is 10.3. The molecule has 1 N–H and O–H groups in total. The van der Waals surface area contributed by atoms with Gasteiger partial charge < -0.3 is 10.1 Å². The van der Waals surface area contributed by atoms with E-state index in [9.17, 15) is 0 Å². The minimum atomic E-state index is 0.792. The van der Waals surface area contributed by atoms with Crippen LogP contribution in [0, 0.1) is 0 Å². The summed E-state index contributed by atoms with van der Waals surface area (Å²) in [6.07, 6.45) is 3.76. The first-order valence-corrected chi connectivity index (χ1v) is 5.44. The highest BCUT2D eigenvalue weighted by atomic mass is 16.5. The molecule has 0 saturated carbocycles. The van der Waals surface area contributed by atoms with Gasteiger partial charge in [0.25, 0.3) is 0 Å². The molecular weight excluding hydrogens is 192 g/mol. The Morgan fingerprint density at radius 1 is 1.47 bits per heavy atom. The molecule has 0 aromatic carbocycles. The zero-order chi connectivity index (χ0) is 10.9. The number of aromatic nitrogens is 3. The number of hydrogen-bond acceptors (Lipinski definition) is 4. The summed E-state index contributed by atoms with van der Waals surface area (Å²) >= 11 is 0. The highest BCUT2D eigenvalue weighted by Crippen LogP contribution is 1.98. The van der Waals surface area contributed by atoms with Crippen molar-refractivity contribution in [1.29, 1.82) is 0 Å². The normalized spacial score (nSPS) is 10.8. The molecule has 0 spiro atoms. The van der Waals surface area contributed by atoms with Gasteiger partial charge in [-0.3, -0.25) is 0 Å². The van der Waals surface area contributed by atoms with E-state index in [4.69, 9.17) is 4.74 Å². The summed E-state index contributed by atoms with van der Waals surface area (Å²) < 4.78 is 6.96. The Bertz CT molecular complexity index is 262. The van der Waals surface area contributed by atoms with Crippen LogP contribution in [0.25, 0.3) is 0 Å². The topological polar surface area (TPSA) is 52.0 Å². The third-order valence-electron chi connectivity index (χ3n) is 2.20. The van der Waals surface area contributed by atoms with Gasteiger partial charge in [0.1, 0.15) is 12.2 Å². The molecule has 1 heterocycles. The summed E-state index contributed by atoms with van der Waals surface area (Å²) in [5, 5.41) is 7.44. The van der Waals surface area contributed by atoms with E-state index < -0.39 is 0 Å². The van der Waals surface area contributed by atoms with Crippen molar-refractivity contribution >= 4 is 0 Å². The third-order valence-corrected chi connectivity index (χ3v) is 2.20. The van der Waals surface area contributed by atoms with Gasteiger partial charge in [-0.15, -0.1) is 0 Å². The van der Waals surface area contributed by atoms with Gasteiger partial charge in [0.05, 0.1) is 6.54 Å². The van der Waals surface area contributed by atoms with E-state index >= 15 is 0 Å². The van der Waals surface area contributed by atoms with E-state index in [0.717, 1.165) is 44.9 Å². The van der Waals surface area contributed by atoms with E-state index in [1.54, 1.807) is 13.4 Å². The van der Waals surface area contributed by atoms with Crippen LogP contribution in [0.5, 0.6) is 0 Å². The first kappa shape index (κ1) is 12.1. The van der Waals surface area contributed by atoms with Crippen molar-refractivity contribution in [3.8, 4) is 0 Å². The van der Waals surface area contributed by atoms with Crippen molar-refractivity contribution in [2.24, 2.45) is 0 Å². The molecule has 0 aliphatic rings. The van der Waals surface area contributed by atoms with Crippen molar-refractivity contribution in [2.75, 3.05) is 20.3 Å². The molecule has 1 rings (SSSR count). The average molecular weight is 212 g/mol. The van der Waals surface area contributed by atoms with Crippen LogP contribution < -0.4 is 5.32 Å². The summed E-state index contributed by atoms with van der Waals surface area (Å²) in [6.45, 7) is 5.57. The Kier molecular flexibility index (Phi) is 5.96. The molecule has 5 heteroatoms. The number of hydrogen-bond donors (Lipinski definition) is 1. The van der Waals surface area contributed by atoms with Crippen molar-refractivity contribution in [3.63, 3.8) is 0 Å². The molecule has 0 aliphatic carbocycles. The van der Waals surface area contributed by atoms with Crippen LogP contribution in [0.4, 0.5) is 0 Å². The largest absolute Gasteiger partial charge is 0.385 e. The molecule has 1 aromatic heterocycles. The van der Waals surface area contributed by atoms with Crippen molar-refractivity contribution in [3.05, 3.63) is 12.2 Å². The van der Waals surface area contributed by atoms with Crippen molar-refractivity contribution in [2.45, 2.75) is 32.9 Å². The fraction of sp³-hybridized carbons (Fsp3) is 0.800. The SMILES string of the molecule is CCNCc1ncnn1CCCCOC. The molecule has 0 fully saturated rings. The Balaban J connectivity index is 2.29. The summed E-state index contributed by atoms with van der Waals surface area (Å²) in [7, 11) is 1.73. The van der Waals surface area contributed by atoms with Crippen molar-refractivity contribution in [1.82, 2.24) is 20.1 Å². The Morgan fingerprint density at radius 3 is 3.07 bits per heavy atom. The smallest absolute Gasteiger partial charge is 0.140 e. The molecule has 0 aliphatic heterocycles. The highest BCUT2D eigenvalue weighted by Gasteiger charge is 2.02. The van der Waals surface area contributed by atoms with E-state index in [1.165, 1.54) is 0 Å². The summed E-state index contributed by atoms with van der Waals surface area (Å²) in [6, 6.07) is 0. The van der Waals surface area contributed by atoms with Crippen molar-refractivity contribution < 1.29 is 4.74 Å². The monoisotopic (exact) mass is 212 g/mol. The molecule has 1 aromatic rings.